The molecule has 4 aromatic heterocycles. The number of aryl methyl sites for hydroxylation is 4. The lowest BCUT2D eigenvalue weighted by atomic mass is 9.86. The average Bonchev–Trinajstić information content (AvgIpc) is 1.55. The number of aliphatic hydroxyl groups is 2. The Kier molecular flexibility index (Phi) is 26.6. The number of aromatic nitrogens is 4. The number of amides is 4. The first kappa shape index (κ1) is 79.6. The Labute approximate surface area is 597 Å². The summed E-state index contributed by atoms with van der Waals surface area (Å²) >= 11 is 0. The molecule has 2 aromatic carbocycles. The number of nitrogens with one attached hydrogen (secondary N) is 4. The highest BCUT2D eigenvalue weighted by Crippen LogP contribution is 2.43. The summed E-state index contributed by atoms with van der Waals surface area (Å²) in [4.78, 5) is 136. The number of carbonyl (C=O) groups is 8. The number of carbonyl (C=O) groups excluding carboxylic acids is 8. The maximum absolute atomic E-state index is 14.8. The summed E-state index contributed by atoms with van der Waals surface area (Å²) in [7, 11) is -1.00. The van der Waals surface area contributed by atoms with Crippen LogP contribution in [-0.4, -0.2) is 128 Å². The molecular formula is C75H96F3N9O16. The number of benzene rings is 2. The molecule has 0 unspecified atom stereocenters. The molecular weight excluding hydrogens is 1340 g/mol. The van der Waals surface area contributed by atoms with Gasteiger partial charge in [0.15, 0.2) is 22.8 Å². The SMILES string of the molecule is C.CC[C@@]1(O)C(=O)OCc2c1cc1n(c2=O)Cc2c-1nc1cc(F)c(C)cc1c2CCCCOCNC(=O)[C@H](C)CC(=O)[C@H](C)NC(=O)C(C)C.CC[C@@]1(O)C(=O)OCc2c1cc1n(c2=O)Cc2c-1nc1cc(F)c(C)cc1c2CCCCOCNC(=O)[C@H](C)CC(=O)[C@H](C)NC(=O)[C@H](C)N.[2H]CF. The molecule has 0 spiro atoms. The summed E-state index contributed by atoms with van der Waals surface area (Å²) in [5.41, 5.74) is 8.99. The Balaban J connectivity index is 0.000000278. The number of unbranched alkanes of at least 4 members (excludes halogenated alkanes) is 2. The lowest BCUT2D eigenvalue weighted by Crippen LogP contribution is -2.46. The molecule has 0 radical (unpaired) electrons. The number of hydrogen-bond acceptors (Lipinski definition) is 19. The molecule has 10 rings (SSSR count). The Morgan fingerprint density at radius 3 is 1.35 bits per heavy atom. The Bertz CT molecular complexity index is 4150. The number of halogens is 3. The topological polar surface area (TPSA) is 358 Å². The number of pyridine rings is 4. The maximum atomic E-state index is 14.8. The molecule has 8 heterocycles. The number of nitrogens with zero attached hydrogens (tertiary/aromatic N) is 4. The fourth-order valence-electron chi connectivity index (χ4n) is 12.9. The summed E-state index contributed by atoms with van der Waals surface area (Å²) in [6, 6.07) is 7.39. The number of esters is 2. The van der Waals surface area contributed by atoms with Crippen molar-refractivity contribution >= 4 is 68.9 Å². The summed E-state index contributed by atoms with van der Waals surface area (Å²) in [6.45, 7) is 18.7. The maximum Gasteiger partial charge on any atom is 0.343 e. The van der Waals surface area contributed by atoms with Gasteiger partial charge >= 0.3 is 11.9 Å². The molecule has 25 nitrogen and oxygen atoms in total. The second-order valence-corrected chi connectivity index (χ2v) is 26.9. The molecule has 558 valence electrons. The third kappa shape index (κ3) is 17.3. The third-order valence-corrected chi connectivity index (χ3v) is 19.3. The van der Waals surface area contributed by atoms with E-state index in [0.717, 1.165) is 33.0 Å². The zero-order chi connectivity index (χ0) is 75.7. The fourth-order valence-corrected chi connectivity index (χ4v) is 12.9. The van der Waals surface area contributed by atoms with Crippen molar-refractivity contribution in [2.75, 3.05) is 33.8 Å². The minimum absolute atomic E-state index is 0. The van der Waals surface area contributed by atoms with Gasteiger partial charge < -0.3 is 65.3 Å². The molecule has 4 amide bonds. The van der Waals surface area contributed by atoms with Gasteiger partial charge in [-0.3, -0.25) is 42.7 Å². The van der Waals surface area contributed by atoms with Crippen molar-refractivity contribution in [3.05, 3.63) is 124 Å². The zero-order valence-electron chi connectivity index (χ0n) is 60.5. The number of ether oxygens (including phenoxy) is 4. The van der Waals surface area contributed by atoms with Gasteiger partial charge in [0.2, 0.25) is 23.6 Å². The lowest BCUT2D eigenvalue weighted by Gasteiger charge is -2.31. The lowest BCUT2D eigenvalue weighted by molar-refractivity contribution is -0.172. The highest BCUT2D eigenvalue weighted by atomic mass is 19.1. The number of rotatable bonds is 28. The van der Waals surface area contributed by atoms with E-state index in [1.165, 1.54) is 19.1 Å². The van der Waals surface area contributed by atoms with E-state index in [1.54, 1.807) is 103 Å². The van der Waals surface area contributed by atoms with Crippen molar-refractivity contribution in [2.45, 2.75) is 203 Å². The van der Waals surface area contributed by atoms with E-state index in [1.807, 2.05) is 0 Å². The third-order valence-electron chi connectivity index (χ3n) is 19.3. The molecule has 0 aliphatic carbocycles. The van der Waals surface area contributed by atoms with Gasteiger partial charge in [0.1, 0.15) is 38.3 Å². The van der Waals surface area contributed by atoms with Crippen LogP contribution in [0, 0.1) is 43.2 Å². The number of Topliss-reactive ketones (excluding diaryl/α,β-unsaturated/α-hetero) is 2. The first-order chi connectivity index (χ1) is 48.8. The van der Waals surface area contributed by atoms with Crippen LogP contribution in [0.1, 0.15) is 178 Å². The first-order valence-corrected chi connectivity index (χ1v) is 34.3. The minimum Gasteiger partial charge on any atom is -0.458 e. The molecule has 7 atom stereocenters. The minimum atomic E-state index is -1.95. The monoisotopic (exact) mass is 1440 g/mol. The van der Waals surface area contributed by atoms with Gasteiger partial charge in [-0.25, -0.2) is 28.3 Å². The molecule has 8 N–H and O–H groups in total. The van der Waals surface area contributed by atoms with Crippen molar-refractivity contribution in [1.29, 1.82) is 0 Å². The van der Waals surface area contributed by atoms with Crippen LogP contribution in [0.3, 0.4) is 0 Å². The summed E-state index contributed by atoms with van der Waals surface area (Å²) in [5, 5.41) is 34.5. The van der Waals surface area contributed by atoms with E-state index < -0.39 is 77.8 Å². The summed E-state index contributed by atoms with van der Waals surface area (Å²) in [6.07, 6.45) is 3.76. The molecule has 28 heteroatoms. The highest BCUT2D eigenvalue weighted by Gasteiger charge is 2.47. The molecule has 6 aromatic rings. The van der Waals surface area contributed by atoms with Crippen LogP contribution in [0.25, 0.3) is 44.6 Å². The van der Waals surface area contributed by atoms with Crippen LogP contribution in [0.15, 0.2) is 46.0 Å². The Hall–Kier alpha value is -9.09. The Morgan fingerprint density at radius 1 is 0.612 bits per heavy atom. The molecule has 0 saturated carbocycles. The van der Waals surface area contributed by atoms with E-state index in [0.29, 0.717) is 96.7 Å². The first-order valence-electron chi connectivity index (χ1n) is 35.0. The van der Waals surface area contributed by atoms with E-state index >= 15 is 0 Å². The van der Waals surface area contributed by atoms with Gasteiger partial charge in [0, 0.05) is 89.0 Å². The number of alkyl halides is 1. The van der Waals surface area contributed by atoms with Gasteiger partial charge in [0.05, 0.1) is 84.7 Å². The van der Waals surface area contributed by atoms with Gasteiger partial charge in [-0.05, 0) is 133 Å². The smallest absolute Gasteiger partial charge is 0.343 e. The van der Waals surface area contributed by atoms with Crippen molar-refractivity contribution < 1.29 is 82.1 Å². The molecule has 4 aliphatic heterocycles. The van der Waals surface area contributed by atoms with Crippen molar-refractivity contribution in [3.8, 4) is 22.8 Å². The van der Waals surface area contributed by atoms with Gasteiger partial charge in [0.25, 0.3) is 11.1 Å². The summed E-state index contributed by atoms with van der Waals surface area (Å²) in [5.74, 6) is -5.73. The molecule has 103 heavy (non-hydrogen) atoms. The molecule has 0 fully saturated rings. The number of fused-ring (bicyclic) bond motifs is 10. The van der Waals surface area contributed by atoms with E-state index in [-0.39, 0.29) is 141 Å². The predicted molar refractivity (Wildman–Crippen MR) is 377 cm³/mol. The van der Waals surface area contributed by atoms with Crippen LogP contribution in [0.4, 0.5) is 13.2 Å². The molecule has 0 bridgehead atoms. The van der Waals surface area contributed by atoms with Crippen LogP contribution < -0.4 is 38.1 Å². The van der Waals surface area contributed by atoms with Gasteiger partial charge in [-0.15, -0.1) is 0 Å². The zero-order valence-corrected chi connectivity index (χ0v) is 59.5. The fraction of sp³-hybridized carbons (Fsp3) is 0.520. The largest absolute Gasteiger partial charge is 0.458 e. The number of nitrogens with two attached hydrogens (primary N) is 1. The van der Waals surface area contributed by atoms with Crippen molar-refractivity contribution in [1.82, 2.24) is 40.4 Å². The van der Waals surface area contributed by atoms with E-state index in [2.05, 4.69) is 21.3 Å². The van der Waals surface area contributed by atoms with Crippen LogP contribution >= 0.6 is 0 Å². The predicted octanol–water partition coefficient (Wildman–Crippen LogP) is 7.31. The second kappa shape index (κ2) is 34.5. The molecule has 4 aliphatic rings. The Morgan fingerprint density at radius 2 is 0.990 bits per heavy atom. The van der Waals surface area contributed by atoms with Crippen molar-refractivity contribution in [3.63, 3.8) is 0 Å². The quantitative estimate of drug-likeness (QED) is 0.0144. The average molecular weight is 1440 g/mol. The van der Waals surface area contributed by atoms with Crippen molar-refractivity contribution in [2.24, 2.45) is 23.5 Å². The van der Waals surface area contributed by atoms with Crippen LogP contribution in [0.5, 0.6) is 0 Å². The highest BCUT2D eigenvalue weighted by molar-refractivity contribution is 5.95. The van der Waals surface area contributed by atoms with Gasteiger partial charge in [-0.2, -0.15) is 0 Å². The number of ketones is 2. The van der Waals surface area contributed by atoms with E-state index in [4.69, 9.17) is 36.0 Å². The standard InChI is InChI=1S/C37H45FN4O8.C36H44FN5O8.CH3F.CH4/c1-7-37(48)27-14-30-32-25(16-42(30)35(46)26(27)17-50-36(37)47)23(24-12-20(4)28(38)15-29(24)41-32)10-8-9-11-49-18-39-34(45)21(5)13-31(43)22(6)40-33(44)19(2)3;1-6-36(48)26-13-29-31-24(15-42(29)34(46)25(26)16-50-35(36)47)22(23-11-18(2)27(37)14-28(23)41-31)9-7-8-10-49-17-39-32(44)19(3)12-30(43)21(5)40-33(45)20(4)38;1-2;/h12,14-15,19,21-22,48H,7-11,13,16-18H2,1-6H3,(H,39,45)(H,40,44);11,13-14,19-21,48H,6-10,12,15-17,38H2,1-5H3,(H,39,44)(H,40,45);1H3;1H4/t21-,22+,37+;19-,20+,21+,36+;;/m11../s1/i;;1D;. The van der Waals surface area contributed by atoms with E-state index in [9.17, 15) is 71.3 Å². The van der Waals surface area contributed by atoms with Crippen LogP contribution in [-0.2, 0) is 108 Å². The van der Waals surface area contributed by atoms with Gasteiger partial charge in [-0.1, -0.05) is 49.0 Å². The summed E-state index contributed by atoms with van der Waals surface area (Å²) < 4.78 is 69.8. The molecule has 0 saturated heterocycles. The second-order valence-electron chi connectivity index (χ2n) is 26.9. The number of hydrogen-bond donors (Lipinski definition) is 7. The number of cyclic esters (lactones) is 2. The normalized spacial score (nSPS) is 17.4. The van der Waals surface area contributed by atoms with Crippen LogP contribution in [0.2, 0.25) is 0 Å².